The maximum atomic E-state index is 12.0. The minimum Gasteiger partial charge on any atom is -0.496 e. The van der Waals surface area contributed by atoms with Crippen LogP contribution in [0.5, 0.6) is 5.75 Å². The second kappa shape index (κ2) is 7.06. The van der Waals surface area contributed by atoms with Crippen molar-refractivity contribution < 1.29 is 19.1 Å². The van der Waals surface area contributed by atoms with E-state index in [0.29, 0.717) is 6.42 Å². The molecule has 20 heavy (non-hydrogen) atoms. The highest BCUT2D eigenvalue weighted by atomic mass is 127. The molecule has 1 atom stereocenters. The predicted molar refractivity (Wildman–Crippen MR) is 84.8 cm³/mol. The third kappa shape index (κ3) is 3.71. The molecule has 0 aromatic heterocycles. The molecule has 4 nitrogen and oxygen atoms in total. The Morgan fingerprint density at radius 1 is 1.40 bits per heavy atom. The van der Waals surface area contributed by atoms with Gasteiger partial charge in [0.1, 0.15) is 12.0 Å². The van der Waals surface area contributed by atoms with Crippen LogP contribution in [-0.4, -0.2) is 26.5 Å². The Morgan fingerprint density at radius 2 is 2.05 bits per heavy atom. The van der Waals surface area contributed by atoms with Gasteiger partial charge in [0.05, 0.1) is 23.7 Å². The predicted octanol–water partition coefficient (Wildman–Crippen LogP) is 2.86. The number of hydrogen-bond acceptors (Lipinski definition) is 4. The fourth-order valence-corrected chi connectivity index (χ4v) is 2.77. The van der Waals surface area contributed by atoms with E-state index in [0.717, 1.165) is 21.2 Å². The van der Waals surface area contributed by atoms with Gasteiger partial charge < -0.3 is 14.3 Å². The van der Waals surface area contributed by atoms with E-state index in [9.17, 15) is 9.59 Å². The molecule has 0 heterocycles. The Morgan fingerprint density at radius 3 is 2.55 bits per heavy atom. The van der Waals surface area contributed by atoms with Gasteiger partial charge in [-0.1, -0.05) is 26.0 Å². The molecule has 0 N–H and O–H groups in total. The van der Waals surface area contributed by atoms with Gasteiger partial charge in [-0.2, -0.15) is 0 Å². The standard InChI is InChI=1S/C15H19IO4/c1-15(2,9-17)11(14(18)20-4)8-10-6-5-7-12(19-3)13(10)16/h5-7,9,11H,8H2,1-4H3. The van der Waals surface area contributed by atoms with Crippen LogP contribution < -0.4 is 4.74 Å². The molecule has 110 valence electrons. The first-order valence-electron chi connectivity index (χ1n) is 6.23. The van der Waals surface area contributed by atoms with Crippen LogP contribution in [0.1, 0.15) is 19.4 Å². The zero-order chi connectivity index (χ0) is 15.3. The van der Waals surface area contributed by atoms with Crippen molar-refractivity contribution in [1.82, 2.24) is 0 Å². The molecule has 0 spiro atoms. The molecule has 1 rings (SSSR count). The minimum atomic E-state index is -0.779. The Balaban J connectivity index is 3.14. The van der Waals surface area contributed by atoms with E-state index in [1.807, 2.05) is 18.2 Å². The number of ether oxygens (including phenoxy) is 2. The molecule has 0 saturated heterocycles. The molecule has 0 aliphatic heterocycles. The zero-order valence-corrected chi connectivity index (χ0v) is 14.3. The Kier molecular flexibility index (Phi) is 5.98. The van der Waals surface area contributed by atoms with Crippen molar-refractivity contribution in [1.29, 1.82) is 0 Å². The summed E-state index contributed by atoms with van der Waals surface area (Å²) in [4.78, 5) is 23.2. The number of methoxy groups -OCH3 is 2. The first-order chi connectivity index (χ1) is 9.37. The van der Waals surface area contributed by atoms with Crippen LogP contribution in [-0.2, 0) is 20.7 Å². The molecule has 0 aliphatic carbocycles. The van der Waals surface area contributed by atoms with E-state index in [4.69, 9.17) is 9.47 Å². The van der Waals surface area contributed by atoms with Gasteiger partial charge in [0.2, 0.25) is 0 Å². The van der Waals surface area contributed by atoms with Crippen molar-refractivity contribution in [3.63, 3.8) is 0 Å². The third-order valence-corrected chi connectivity index (χ3v) is 4.60. The fraction of sp³-hybridized carbons (Fsp3) is 0.467. The molecule has 0 bridgehead atoms. The largest absolute Gasteiger partial charge is 0.496 e. The van der Waals surface area contributed by atoms with E-state index in [1.165, 1.54) is 7.11 Å². The molecule has 1 aromatic rings. The van der Waals surface area contributed by atoms with E-state index in [1.54, 1.807) is 21.0 Å². The Hall–Kier alpha value is -1.11. The van der Waals surface area contributed by atoms with Gasteiger partial charge in [-0.15, -0.1) is 0 Å². The topological polar surface area (TPSA) is 52.6 Å². The van der Waals surface area contributed by atoms with Gasteiger partial charge in [0.25, 0.3) is 0 Å². The number of hydrogen-bond donors (Lipinski definition) is 0. The van der Waals surface area contributed by atoms with Crippen LogP contribution >= 0.6 is 22.6 Å². The summed E-state index contributed by atoms with van der Waals surface area (Å²) >= 11 is 2.18. The molecule has 0 fully saturated rings. The number of benzene rings is 1. The van der Waals surface area contributed by atoms with Crippen molar-refractivity contribution in [2.45, 2.75) is 20.3 Å². The second-order valence-corrected chi connectivity index (χ2v) is 6.23. The van der Waals surface area contributed by atoms with Crippen molar-refractivity contribution in [3.05, 3.63) is 27.3 Å². The quantitative estimate of drug-likeness (QED) is 0.426. The lowest BCUT2D eigenvalue weighted by molar-refractivity contribution is -0.151. The number of aldehydes is 1. The highest BCUT2D eigenvalue weighted by molar-refractivity contribution is 14.1. The number of halogens is 1. The third-order valence-electron chi connectivity index (χ3n) is 3.37. The van der Waals surface area contributed by atoms with Crippen LogP contribution in [0.4, 0.5) is 0 Å². The van der Waals surface area contributed by atoms with Crippen LogP contribution in [0, 0.1) is 14.9 Å². The van der Waals surface area contributed by atoms with Gasteiger partial charge in [0.15, 0.2) is 0 Å². The minimum absolute atomic E-state index is 0.374. The van der Waals surface area contributed by atoms with E-state index >= 15 is 0 Å². The molecular weight excluding hydrogens is 371 g/mol. The fourth-order valence-electron chi connectivity index (χ4n) is 1.97. The smallest absolute Gasteiger partial charge is 0.309 e. The summed E-state index contributed by atoms with van der Waals surface area (Å²) in [5.74, 6) is -0.137. The van der Waals surface area contributed by atoms with Crippen LogP contribution in [0.25, 0.3) is 0 Å². The van der Waals surface area contributed by atoms with Crippen molar-refractivity contribution in [3.8, 4) is 5.75 Å². The second-order valence-electron chi connectivity index (χ2n) is 5.15. The van der Waals surface area contributed by atoms with Gasteiger partial charge in [0, 0.05) is 5.41 Å². The summed E-state index contributed by atoms with van der Waals surface area (Å²) in [7, 11) is 2.95. The summed E-state index contributed by atoms with van der Waals surface area (Å²) in [6.07, 6.45) is 1.25. The number of carbonyl (C=O) groups excluding carboxylic acids is 2. The Labute approximate surface area is 133 Å². The van der Waals surface area contributed by atoms with Crippen LogP contribution in [0.3, 0.4) is 0 Å². The van der Waals surface area contributed by atoms with Gasteiger partial charge in [-0.3, -0.25) is 4.79 Å². The van der Waals surface area contributed by atoms with E-state index in [-0.39, 0.29) is 5.97 Å². The summed E-state index contributed by atoms with van der Waals surface area (Å²) in [5.41, 5.74) is 0.189. The van der Waals surface area contributed by atoms with E-state index < -0.39 is 11.3 Å². The summed E-state index contributed by atoms with van der Waals surface area (Å²) in [5, 5.41) is 0. The lowest BCUT2D eigenvalue weighted by Crippen LogP contribution is -2.35. The molecular formula is C15H19IO4. The zero-order valence-electron chi connectivity index (χ0n) is 12.1. The molecule has 0 aliphatic rings. The number of esters is 1. The van der Waals surface area contributed by atoms with Gasteiger partial charge in [-0.25, -0.2) is 0 Å². The average Bonchev–Trinajstić information content (AvgIpc) is 2.45. The highest BCUT2D eigenvalue weighted by Crippen LogP contribution is 2.32. The van der Waals surface area contributed by atoms with E-state index in [2.05, 4.69) is 22.6 Å². The lowest BCUT2D eigenvalue weighted by atomic mass is 9.76. The van der Waals surface area contributed by atoms with Gasteiger partial charge in [-0.05, 0) is 40.6 Å². The van der Waals surface area contributed by atoms with Gasteiger partial charge >= 0.3 is 5.97 Å². The molecule has 0 radical (unpaired) electrons. The maximum absolute atomic E-state index is 12.0. The van der Waals surface area contributed by atoms with Crippen molar-refractivity contribution in [2.24, 2.45) is 11.3 Å². The Bertz CT molecular complexity index is 497. The van der Waals surface area contributed by atoms with Crippen molar-refractivity contribution in [2.75, 3.05) is 14.2 Å². The molecule has 5 heteroatoms. The summed E-state index contributed by atoms with van der Waals surface area (Å²) in [6.45, 7) is 3.49. The first kappa shape index (κ1) is 16.9. The normalized spacial score (nSPS) is 12.7. The van der Waals surface area contributed by atoms with Crippen LogP contribution in [0.15, 0.2) is 18.2 Å². The summed E-state index contributed by atoms with van der Waals surface area (Å²) in [6, 6.07) is 5.67. The monoisotopic (exact) mass is 390 g/mol. The lowest BCUT2D eigenvalue weighted by Gasteiger charge is -2.27. The number of carbonyl (C=O) groups is 2. The molecule has 1 unspecified atom stereocenters. The van der Waals surface area contributed by atoms with Crippen molar-refractivity contribution >= 4 is 34.8 Å². The number of rotatable bonds is 6. The maximum Gasteiger partial charge on any atom is 0.309 e. The molecule has 1 aromatic carbocycles. The van der Waals surface area contributed by atoms with Crippen LogP contribution in [0.2, 0.25) is 0 Å². The molecule has 0 saturated carbocycles. The highest BCUT2D eigenvalue weighted by Gasteiger charge is 2.36. The summed E-state index contributed by atoms with van der Waals surface area (Å²) < 4.78 is 11.1. The molecule has 0 amide bonds. The SMILES string of the molecule is COC(=O)C(Cc1cccc(OC)c1I)C(C)(C)C=O. The average molecular weight is 390 g/mol. The first-order valence-corrected chi connectivity index (χ1v) is 7.30.